The fraction of sp³-hybridized carbons (Fsp3) is 0.533. The van der Waals surface area contributed by atoms with Crippen molar-refractivity contribution < 1.29 is 28.2 Å². The average Bonchev–Trinajstić information content (AvgIpc) is 2.84. The first-order chi connectivity index (χ1) is 18.4. The smallest absolute Gasteiger partial charge is 0.408 e. The van der Waals surface area contributed by atoms with Gasteiger partial charge in [-0.2, -0.15) is 0 Å². The summed E-state index contributed by atoms with van der Waals surface area (Å²) in [7, 11) is 0. The first kappa shape index (κ1) is 32.2. The molecule has 39 heavy (non-hydrogen) atoms. The van der Waals surface area contributed by atoms with Gasteiger partial charge in [-0.1, -0.05) is 51.0 Å². The molecule has 3 atom stereocenters. The summed E-state index contributed by atoms with van der Waals surface area (Å²) in [6.07, 6.45) is 0.936. The predicted molar refractivity (Wildman–Crippen MR) is 148 cm³/mol. The fourth-order valence-electron chi connectivity index (χ4n) is 4.14. The van der Waals surface area contributed by atoms with E-state index < -0.39 is 47.4 Å². The van der Waals surface area contributed by atoms with E-state index in [1.54, 1.807) is 20.8 Å². The maximum Gasteiger partial charge on any atom is 0.408 e. The lowest BCUT2D eigenvalue weighted by Gasteiger charge is -2.28. The molecule has 2 rings (SSSR count). The molecule has 9 heteroatoms. The lowest BCUT2D eigenvalue weighted by molar-refractivity contribution is -0.125. The van der Waals surface area contributed by atoms with Gasteiger partial charge in [0.15, 0.2) is 0 Å². The molecule has 0 bridgehead atoms. The maximum absolute atomic E-state index is 13.9. The largest absolute Gasteiger partial charge is 0.444 e. The van der Waals surface area contributed by atoms with Gasteiger partial charge in [-0.05, 0) is 68.9 Å². The number of aliphatic hydroxyl groups is 1. The van der Waals surface area contributed by atoms with E-state index in [2.05, 4.69) is 28.9 Å². The van der Waals surface area contributed by atoms with Crippen molar-refractivity contribution >= 4 is 12.0 Å². The Hall–Kier alpha value is -3.04. The number of rotatable bonds is 14. The van der Waals surface area contributed by atoms with Crippen molar-refractivity contribution in [1.82, 2.24) is 16.0 Å². The van der Waals surface area contributed by atoms with Crippen LogP contribution in [0.2, 0.25) is 0 Å². The summed E-state index contributed by atoms with van der Waals surface area (Å²) < 4.78 is 33.1. The van der Waals surface area contributed by atoms with E-state index in [1.807, 2.05) is 25.1 Å². The number of alkyl carbamates (subject to hydrolysis) is 1. The highest BCUT2D eigenvalue weighted by atomic mass is 19.1. The SMILES string of the molecule is CCCC[C@@H](NC(=O)OC(C)(C)C)C(=O)N[C@H](Cc1cc(F)cc(F)c1)[C@@H](O)CNCc1cccc(CC)c1. The van der Waals surface area contributed by atoms with Crippen molar-refractivity contribution in [3.63, 3.8) is 0 Å². The monoisotopic (exact) mass is 547 g/mol. The van der Waals surface area contributed by atoms with Gasteiger partial charge in [0.1, 0.15) is 23.3 Å². The molecule has 0 aliphatic carbocycles. The molecule has 0 saturated heterocycles. The van der Waals surface area contributed by atoms with E-state index in [-0.39, 0.29) is 18.5 Å². The highest BCUT2D eigenvalue weighted by Gasteiger charge is 2.28. The Labute approximate surface area is 230 Å². The van der Waals surface area contributed by atoms with Crippen LogP contribution in [0.1, 0.15) is 70.6 Å². The molecule has 0 aliphatic heterocycles. The summed E-state index contributed by atoms with van der Waals surface area (Å²) in [5.74, 6) is -2.00. The van der Waals surface area contributed by atoms with Crippen LogP contribution >= 0.6 is 0 Å². The fourth-order valence-corrected chi connectivity index (χ4v) is 4.14. The van der Waals surface area contributed by atoms with Gasteiger partial charge < -0.3 is 25.8 Å². The van der Waals surface area contributed by atoms with Crippen LogP contribution in [-0.4, -0.2) is 47.4 Å². The Morgan fingerprint density at radius 3 is 2.26 bits per heavy atom. The van der Waals surface area contributed by atoms with Crippen LogP contribution in [0.25, 0.3) is 0 Å². The van der Waals surface area contributed by atoms with Crippen LogP contribution < -0.4 is 16.0 Å². The van der Waals surface area contributed by atoms with Crippen LogP contribution in [0.5, 0.6) is 0 Å². The van der Waals surface area contributed by atoms with Crippen LogP contribution in [0.4, 0.5) is 13.6 Å². The topological polar surface area (TPSA) is 99.7 Å². The molecule has 0 radical (unpaired) electrons. The molecule has 2 aromatic carbocycles. The van der Waals surface area contributed by atoms with Crippen molar-refractivity contribution in [2.24, 2.45) is 0 Å². The second-order valence-corrected chi connectivity index (χ2v) is 10.8. The zero-order valence-corrected chi connectivity index (χ0v) is 23.7. The first-order valence-electron chi connectivity index (χ1n) is 13.6. The average molecular weight is 548 g/mol. The Kier molecular flexibility index (Phi) is 12.8. The van der Waals surface area contributed by atoms with Crippen LogP contribution in [0.3, 0.4) is 0 Å². The maximum atomic E-state index is 13.9. The van der Waals surface area contributed by atoms with Crippen LogP contribution in [-0.2, 0) is 28.9 Å². The summed E-state index contributed by atoms with van der Waals surface area (Å²) in [5, 5.41) is 19.7. The van der Waals surface area contributed by atoms with Gasteiger partial charge in [0.25, 0.3) is 0 Å². The minimum atomic E-state index is -1.08. The normalized spacial score (nSPS) is 13.8. The molecule has 0 unspecified atom stereocenters. The van der Waals surface area contributed by atoms with Gasteiger partial charge in [0.05, 0.1) is 12.1 Å². The van der Waals surface area contributed by atoms with Gasteiger partial charge >= 0.3 is 6.09 Å². The van der Waals surface area contributed by atoms with Gasteiger partial charge in [0.2, 0.25) is 5.91 Å². The van der Waals surface area contributed by atoms with Crippen molar-refractivity contribution in [2.45, 2.75) is 97.1 Å². The number of unbranched alkanes of at least 4 members (excludes halogenated alkanes) is 1. The van der Waals surface area contributed by atoms with Gasteiger partial charge in [-0.3, -0.25) is 4.79 Å². The molecule has 0 heterocycles. The summed E-state index contributed by atoms with van der Waals surface area (Å²) in [6, 6.07) is 9.41. The quantitative estimate of drug-likeness (QED) is 0.273. The van der Waals surface area contributed by atoms with Crippen molar-refractivity contribution in [3.8, 4) is 0 Å². The molecule has 216 valence electrons. The third-order valence-corrected chi connectivity index (χ3v) is 6.11. The van der Waals surface area contributed by atoms with Gasteiger partial charge in [-0.15, -0.1) is 0 Å². The van der Waals surface area contributed by atoms with Crippen LogP contribution in [0, 0.1) is 11.6 Å². The summed E-state index contributed by atoms with van der Waals surface area (Å²) in [5.41, 5.74) is 1.80. The van der Waals surface area contributed by atoms with E-state index in [4.69, 9.17) is 4.74 Å². The second-order valence-electron chi connectivity index (χ2n) is 10.8. The Bertz CT molecular complexity index is 1050. The number of hydrogen-bond acceptors (Lipinski definition) is 5. The highest BCUT2D eigenvalue weighted by Crippen LogP contribution is 2.14. The lowest BCUT2D eigenvalue weighted by Crippen LogP contribution is -2.55. The number of ether oxygens (including phenoxy) is 1. The van der Waals surface area contributed by atoms with E-state index >= 15 is 0 Å². The Morgan fingerprint density at radius 1 is 0.974 bits per heavy atom. The molecular formula is C30H43F2N3O4. The second kappa shape index (κ2) is 15.5. The molecule has 2 amide bonds. The zero-order chi connectivity index (χ0) is 29.0. The van der Waals surface area contributed by atoms with Crippen molar-refractivity contribution in [1.29, 1.82) is 0 Å². The molecule has 0 aromatic heterocycles. The predicted octanol–water partition coefficient (Wildman–Crippen LogP) is 4.79. The molecule has 7 nitrogen and oxygen atoms in total. The number of halogens is 2. The molecule has 0 spiro atoms. The zero-order valence-electron chi connectivity index (χ0n) is 23.7. The van der Waals surface area contributed by atoms with Crippen molar-refractivity contribution in [2.75, 3.05) is 6.54 Å². The summed E-state index contributed by atoms with van der Waals surface area (Å²) in [6.45, 7) is 9.84. The van der Waals surface area contributed by atoms with Crippen LogP contribution in [0.15, 0.2) is 42.5 Å². The molecule has 0 aliphatic rings. The number of aryl methyl sites for hydroxylation is 1. The highest BCUT2D eigenvalue weighted by molar-refractivity contribution is 5.86. The Morgan fingerprint density at radius 2 is 1.64 bits per heavy atom. The number of benzene rings is 2. The van der Waals surface area contributed by atoms with Gasteiger partial charge in [-0.25, -0.2) is 13.6 Å². The minimum Gasteiger partial charge on any atom is -0.444 e. The number of aliphatic hydroxyl groups excluding tert-OH is 1. The van der Waals surface area contributed by atoms with Gasteiger partial charge in [0, 0.05) is 19.2 Å². The molecule has 0 saturated carbocycles. The number of hydrogen-bond donors (Lipinski definition) is 4. The number of carbonyl (C=O) groups excluding carboxylic acids is 2. The molecule has 2 aromatic rings. The number of carbonyl (C=O) groups is 2. The number of amides is 2. The Balaban J connectivity index is 2.16. The first-order valence-corrected chi connectivity index (χ1v) is 13.6. The molecule has 0 fully saturated rings. The third kappa shape index (κ3) is 12.1. The van der Waals surface area contributed by atoms with E-state index in [1.165, 1.54) is 17.7 Å². The summed E-state index contributed by atoms with van der Waals surface area (Å²) >= 11 is 0. The molecule has 4 N–H and O–H groups in total. The van der Waals surface area contributed by atoms with E-state index in [9.17, 15) is 23.5 Å². The third-order valence-electron chi connectivity index (χ3n) is 6.11. The minimum absolute atomic E-state index is 0.0124. The lowest BCUT2D eigenvalue weighted by atomic mass is 9.99. The van der Waals surface area contributed by atoms with E-state index in [0.29, 0.717) is 19.4 Å². The number of nitrogens with one attached hydrogen (secondary N) is 3. The molecular weight excluding hydrogens is 504 g/mol. The summed E-state index contributed by atoms with van der Waals surface area (Å²) in [4.78, 5) is 25.7. The van der Waals surface area contributed by atoms with E-state index in [0.717, 1.165) is 24.5 Å². The standard InChI is InChI=1S/C30H43F2N3O4/c1-6-8-12-25(35-29(38)39-30(3,4)5)28(37)34-26(16-22-14-23(31)17-24(32)15-22)27(36)19-33-18-21-11-9-10-20(7-2)13-21/h9-11,13-15,17,25-27,33,36H,6-8,12,16,18-19H2,1-5H3,(H,34,37)(H,35,38)/t25-,26-,27+/m1/s1. The van der Waals surface area contributed by atoms with Crippen molar-refractivity contribution in [3.05, 3.63) is 70.8 Å².